The molecule has 1 aromatic carbocycles. The SMILES string of the molecule is NCC1(O)CCCC1CCSCc1ccc(Cl)cc1. The first kappa shape index (κ1) is 15.2. The zero-order valence-corrected chi connectivity index (χ0v) is 12.7. The van der Waals surface area contributed by atoms with E-state index in [0.29, 0.717) is 12.5 Å². The maximum atomic E-state index is 10.4. The van der Waals surface area contributed by atoms with Crippen LogP contribution in [-0.2, 0) is 5.75 Å². The average Bonchev–Trinajstić information content (AvgIpc) is 2.79. The van der Waals surface area contributed by atoms with E-state index in [0.717, 1.165) is 42.2 Å². The second-order valence-electron chi connectivity index (χ2n) is 5.36. The predicted molar refractivity (Wildman–Crippen MR) is 83.6 cm³/mol. The molecule has 0 heterocycles. The van der Waals surface area contributed by atoms with E-state index in [1.807, 2.05) is 23.9 Å². The summed E-state index contributed by atoms with van der Waals surface area (Å²) in [5.74, 6) is 2.47. The van der Waals surface area contributed by atoms with Crippen molar-refractivity contribution in [3.8, 4) is 0 Å². The van der Waals surface area contributed by atoms with Gasteiger partial charge < -0.3 is 10.8 Å². The molecular formula is C15H22ClNOS. The Balaban J connectivity index is 1.71. The van der Waals surface area contributed by atoms with Crippen LogP contribution in [0, 0.1) is 5.92 Å². The smallest absolute Gasteiger partial charge is 0.0797 e. The highest BCUT2D eigenvalue weighted by Crippen LogP contribution is 2.37. The quantitative estimate of drug-likeness (QED) is 0.791. The van der Waals surface area contributed by atoms with Crippen molar-refractivity contribution in [1.82, 2.24) is 0 Å². The molecule has 0 radical (unpaired) electrons. The largest absolute Gasteiger partial charge is 0.388 e. The standard InChI is InChI=1S/C15H22ClNOS/c16-14-5-3-12(4-6-14)10-19-9-7-13-2-1-8-15(13,18)11-17/h3-6,13,18H,1-2,7-11,17H2. The highest BCUT2D eigenvalue weighted by molar-refractivity contribution is 7.98. The zero-order chi connectivity index (χ0) is 13.7. The fraction of sp³-hybridized carbons (Fsp3) is 0.600. The molecule has 2 unspecified atom stereocenters. The van der Waals surface area contributed by atoms with Crippen molar-refractivity contribution >= 4 is 23.4 Å². The lowest BCUT2D eigenvalue weighted by atomic mass is 9.89. The lowest BCUT2D eigenvalue weighted by Gasteiger charge is -2.28. The average molecular weight is 300 g/mol. The molecule has 0 spiro atoms. The molecule has 19 heavy (non-hydrogen) atoms. The molecule has 106 valence electrons. The van der Waals surface area contributed by atoms with Crippen LogP contribution >= 0.6 is 23.4 Å². The van der Waals surface area contributed by atoms with Crippen molar-refractivity contribution in [2.75, 3.05) is 12.3 Å². The van der Waals surface area contributed by atoms with Gasteiger partial charge in [0.25, 0.3) is 0 Å². The van der Waals surface area contributed by atoms with Crippen LogP contribution in [0.5, 0.6) is 0 Å². The molecule has 1 saturated carbocycles. The van der Waals surface area contributed by atoms with Crippen LogP contribution in [0.1, 0.15) is 31.2 Å². The first-order valence-electron chi connectivity index (χ1n) is 6.89. The van der Waals surface area contributed by atoms with Gasteiger partial charge in [-0.25, -0.2) is 0 Å². The minimum Gasteiger partial charge on any atom is -0.388 e. The van der Waals surface area contributed by atoms with Gasteiger partial charge in [-0.2, -0.15) is 11.8 Å². The number of nitrogens with two attached hydrogens (primary N) is 1. The van der Waals surface area contributed by atoms with Crippen molar-refractivity contribution in [3.05, 3.63) is 34.9 Å². The second kappa shape index (κ2) is 6.98. The monoisotopic (exact) mass is 299 g/mol. The minimum atomic E-state index is -0.596. The van der Waals surface area contributed by atoms with Gasteiger partial charge in [-0.3, -0.25) is 0 Å². The highest BCUT2D eigenvalue weighted by Gasteiger charge is 2.39. The van der Waals surface area contributed by atoms with Gasteiger partial charge in [0.2, 0.25) is 0 Å². The summed E-state index contributed by atoms with van der Waals surface area (Å²) in [6.07, 6.45) is 4.16. The molecule has 1 aliphatic rings. The van der Waals surface area contributed by atoms with Gasteiger partial charge in [-0.1, -0.05) is 30.2 Å². The third-order valence-electron chi connectivity index (χ3n) is 4.07. The van der Waals surface area contributed by atoms with Crippen LogP contribution in [0.15, 0.2) is 24.3 Å². The van der Waals surface area contributed by atoms with Crippen molar-refractivity contribution in [3.63, 3.8) is 0 Å². The van der Waals surface area contributed by atoms with E-state index < -0.39 is 5.60 Å². The third kappa shape index (κ3) is 4.12. The van der Waals surface area contributed by atoms with Crippen LogP contribution < -0.4 is 5.73 Å². The maximum absolute atomic E-state index is 10.4. The number of rotatable bonds is 6. The Morgan fingerprint density at radius 2 is 2.11 bits per heavy atom. The Hall–Kier alpha value is -0.220. The topological polar surface area (TPSA) is 46.2 Å². The number of hydrogen-bond acceptors (Lipinski definition) is 3. The van der Waals surface area contributed by atoms with Gasteiger partial charge in [-0.15, -0.1) is 0 Å². The molecule has 3 N–H and O–H groups in total. The molecule has 0 aromatic heterocycles. The first-order chi connectivity index (χ1) is 9.14. The summed E-state index contributed by atoms with van der Waals surface area (Å²) in [5.41, 5.74) is 6.40. The summed E-state index contributed by atoms with van der Waals surface area (Å²) in [6, 6.07) is 8.01. The highest BCUT2D eigenvalue weighted by atomic mass is 35.5. The van der Waals surface area contributed by atoms with E-state index in [9.17, 15) is 5.11 Å². The van der Waals surface area contributed by atoms with Crippen LogP contribution in [0.25, 0.3) is 0 Å². The molecule has 0 aliphatic heterocycles. The summed E-state index contributed by atoms with van der Waals surface area (Å²) in [7, 11) is 0. The van der Waals surface area contributed by atoms with Gasteiger partial charge in [0.15, 0.2) is 0 Å². The van der Waals surface area contributed by atoms with Crippen molar-refractivity contribution in [1.29, 1.82) is 0 Å². The minimum absolute atomic E-state index is 0.384. The molecule has 2 nitrogen and oxygen atoms in total. The zero-order valence-electron chi connectivity index (χ0n) is 11.1. The summed E-state index contributed by atoms with van der Waals surface area (Å²) >= 11 is 7.78. The van der Waals surface area contributed by atoms with E-state index in [1.54, 1.807) is 0 Å². The third-order valence-corrected chi connectivity index (χ3v) is 5.38. The van der Waals surface area contributed by atoms with E-state index in [1.165, 1.54) is 5.56 Å². The lowest BCUT2D eigenvalue weighted by Crippen LogP contribution is -2.41. The van der Waals surface area contributed by atoms with Gasteiger partial charge >= 0.3 is 0 Å². The van der Waals surface area contributed by atoms with E-state index in [2.05, 4.69) is 12.1 Å². The molecule has 1 aromatic rings. The Kier molecular flexibility index (Phi) is 5.58. The summed E-state index contributed by atoms with van der Waals surface area (Å²) in [6.45, 7) is 0.402. The first-order valence-corrected chi connectivity index (χ1v) is 8.42. The molecule has 0 saturated heterocycles. The summed E-state index contributed by atoms with van der Waals surface area (Å²) in [4.78, 5) is 0. The van der Waals surface area contributed by atoms with Crippen LogP contribution in [0.4, 0.5) is 0 Å². The van der Waals surface area contributed by atoms with Crippen LogP contribution in [0.2, 0.25) is 5.02 Å². The van der Waals surface area contributed by atoms with E-state index in [-0.39, 0.29) is 0 Å². The molecular weight excluding hydrogens is 278 g/mol. The van der Waals surface area contributed by atoms with Crippen LogP contribution in [-0.4, -0.2) is 23.0 Å². The molecule has 1 fully saturated rings. The van der Waals surface area contributed by atoms with Gasteiger partial charge in [-0.05, 0) is 48.6 Å². The van der Waals surface area contributed by atoms with E-state index >= 15 is 0 Å². The molecule has 1 aliphatic carbocycles. The summed E-state index contributed by atoms with van der Waals surface area (Å²) < 4.78 is 0. The Labute approximate surface area is 124 Å². The predicted octanol–water partition coefficient (Wildman–Crippen LogP) is 3.45. The number of aliphatic hydroxyl groups is 1. The molecule has 2 atom stereocenters. The lowest BCUT2D eigenvalue weighted by molar-refractivity contribution is 0.0104. The van der Waals surface area contributed by atoms with Gasteiger partial charge in [0, 0.05) is 17.3 Å². The van der Waals surface area contributed by atoms with E-state index in [4.69, 9.17) is 17.3 Å². The number of benzene rings is 1. The normalized spacial score (nSPS) is 26.8. The number of thioether (sulfide) groups is 1. The Morgan fingerprint density at radius 1 is 1.37 bits per heavy atom. The molecule has 0 amide bonds. The van der Waals surface area contributed by atoms with Crippen molar-refractivity contribution in [2.45, 2.75) is 37.0 Å². The van der Waals surface area contributed by atoms with Crippen molar-refractivity contribution < 1.29 is 5.11 Å². The molecule has 4 heteroatoms. The molecule has 0 bridgehead atoms. The number of halogens is 1. The summed E-state index contributed by atoms with van der Waals surface area (Å²) in [5, 5.41) is 11.1. The van der Waals surface area contributed by atoms with Gasteiger partial charge in [0.1, 0.15) is 0 Å². The Morgan fingerprint density at radius 3 is 2.79 bits per heavy atom. The Bertz CT molecular complexity index is 398. The van der Waals surface area contributed by atoms with Crippen molar-refractivity contribution in [2.24, 2.45) is 11.7 Å². The fourth-order valence-electron chi connectivity index (χ4n) is 2.81. The number of hydrogen-bond donors (Lipinski definition) is 2. The fourth-order valence-corrected chi connectivity index (χ4v) is 3.96. The maximum Gasteiger partial charge on any atom is 0.0797 e. The van der Waals surface area contributed by atoms with Crippen LogP contribution in [0.3, 0.4) is 0 Å². The second-order valence-corrected chi connectivity index (χ2v) is 6.91. The molecule has 2 rings (SSSR count). The van der Waals surface area contributed by atoms with Gasteiger partial charge in [0.05, 0.1) is 5.60 Å².